The molecule has 4 aliphatic carbocycles. The molecule has 0 amide bonds. The molecule has 128 valence electrons. The average molecular weight is 318 g/mol. The molecular weight excluding hydrogens is 288 g/mol. The Kier molecular flexibility index (Phi) is 3.62. The number of ketones is 1. The normalized spacial score (nSPS) is 52.3. The van der Waals surface area contributed by atoms with E-state index in [1.165, 1.54) is 25.7 Å². The minimum atomic E-state index is -0.0117. The molecule has 0 saturated heterocycles. The van der Waals surface area contributed by atoms with E-state index in [-0.39, 0.29) is 11.5 Å². The van der Waals surface area contributed by atoms with E-state index in [1.807, 2.05) is 0 Å². The molecule has 0 aliphatic heterocycles. The van der Waals surface area contributed by atoms with Crippen molar-refractivity contribution < 1.29 is 14.3 Å². The summed E-state index contributed by atoms with van der Waals surface area (Å²) < 4.78 is 5.29. The lowest BCUT2D eigenvalue weighted by Gasteiger charge is -2.60. The third kappa shape index (κ3) is 2.14. The number of fused-ring (bicyclic) bond motifs is 5. The van der Waals surface area contributed by atoms with Gasteiger partial charge in [0.15, 0.2) is 0 Å². The third-order valence-corrected chi connectivity index (χ3v) is 8.57. The van der Waals surface area contributed by atoms with Crippen LogP contribution in [0.4, 0.5) is 0 Å². The minimum absolute atomic E-state index is 0.0117. The molecule has 0 aromatic rings. The van der Waals surface area contributed by atoms with Crippen molar-refractivity contribution in [3.8, 4) is 0 Å². The van der Waals surface area contributed by atoms with Crippen LogP contribution in [0.5, 0.6) is 0 Å². The molecule has 4 rings (SSSR count). The first-order valence-electron chi connectivity index (χ1n) is 9.61. The van der Waals surface area contributed by atoms with Gasteiger partial charge in [0.25, 0.3) is 6.47 Å². The molecule has 0 spiro atoms. The van der Waals surface area contributed by atoms with Crippen molar-refractivity contribution >= 4 is 12.3 Å². The van der Waals surface area contributed by atoms with Gasteiger partial charge in [0, 0.05) is 11.8 Å². The van der Waals surface area contributed by atoms with E-state index in [0.717, 1.165) is 43.9 Å². The summed E-state index contributed by atoms with van der Waals surface area (Å²) in [6.07, 6.45) is 10.2. The molecule has 7 atom stereocenters. The van der Waals surface area contributed by atoms with E-state index in [4.69, 9.17) is 4.74 Å². The number of Topliss-reactive ketones (excluding diaryl/α,β-unsaturated/α-hetero) is 1. The quantitative estimate of drug-likeness (QED) is 0.719. The Morgan fingerprint density at radius 1 is 1.04 bits per heavy atom. The van der Waals surface area contributed by atoms with Crippen LogP contribution in [0.2, 0.25) is 0 Å². The van der Waals surface area contributed by atoms with Gasteiger partial charge in [0.1, 0.15) is 11.9 Å². The van der Waals surface area contributed by atoms with Crippen LogP contribution in [-0.4, -0.2) is 18.4 Å². The van der Waals surface area contributed by atoms with Gasteiger partial charge in [-0.2, -0.15) is 0 Å². The maximum atomic E-state index is 12.4. The summed E-state index contributed by atoms with van der Waals surface area (Å²) in [6.45, 7) is 5.40. The Balaban J connectivity index is 1.57. The zero-order chi connectivity index (χ0) is 16.2. The standard InChI is InChI=1S/C20H30O3/c1-19-9-7-14(23-12-21)11-13(19)3-4-15-16-5-6-18(22)20(16,2)10-8-17(15)19/h12-17H,3-11H2,1-2H3/t13?,14-,15+,16+,17+,19+,20+/m1/s1. The molecule has 4 fully saturated rings. The lowest BCUT2D eigenvalue weighted by atomic mass is 9.45. The van der Waals surface area contributed by atoms with Crippen LogP contribution in [0, 0.1) is 34.5 Å². The highest BCUT2D eigenvalue weighted by atomic mass is 16.5. The van der Waals surface area contributed by atoms with Crippen LogP contribution in [0.1, 0.15) is 71.6 Å². The van der Waals surface area contributed by atoms with E-state index in [0.29, 0.717) is 29.5 Å². The molecule has 0 bridgehead atoms. The van der Waals surface area contributed by atoms with Gasteiger partial charge in [-0.3, -0.25) is 9.59 Å². The summed E-state index contributed by atoms with van der Waals surface area (Å²) >= 11 is 0. The molecule has 0 radical (unpaired) electrons. The van der Waals surface area contributed by atoms with E-state index >= 15 is 0 Å². The highest BCUT2D eigenvalue weighted by Crippen LogP contribution is 2.65. The number of hydrogen-bond acceptors (Lipinski definition) is 3. The van der Waals surface area contributed by atoms with Crippen LogP contribution in [0.3, 0.4) is 0 Å². The van der Waals surface area contributed by atoms with Gasteiger partial charge in [-0.25, -0.2) is 0 Å². The number of rotatable bonds is 2. The van der Waals surface area contributed by atoms with Crippen molar-refractivity contribution in [2.75, 3.05) is 0 Å². The topological polar surface area (TPSA) is 43.4 Å². The monoisotopic (exact) mass is 318 g/mol. The van der Waals surface area contributed by atoms with Crippen molar-refractivity contribution in [1.29, 1.82) is 0 Å². The van der Waals surface area contributed by atoms with Gasteiger partial charge in [-0.05, 0) is 80.5 Å². The molecule has 1 unspecified atom stereocenters. The molecule has 4 aliphatic rings. The Hall–Kier alpha value is -0.860. The maximum Gasteiger partial charge on any atom is 0.293 e. The molecule has 4 saturated carbocycles. The smallest absolute Gasteiger partial charge is 0.293 e. The molecule has 0 N–H and O–H groups in total. The number of carbonyl (C=O) groups is 2. The SMILES string of the molecule is C[C@]12CC[C@@H](OC=O)CC1CC[C@@H]1[C@@H]2CC[C@]2(C)C(=O)CC[C@@H]12. The Bertz CT molecular complexity index is 515. The van der Waals surface area contributed by atoms with Crippen LogP contribution in [-0.2, 0) is 14.3 Å². The summed E-state index contributed by atoms with van der Waals surface area (Å²) in [6, 6.07) is 0. The number of ether oxygens (including phenoxy) is 1. The fourth-order valence-corrected chi connectivity index (χ4v) is 7.19. The second-order valence-corrected chi connectivity index (χ2v) is 9.20. The Morgan fingerprint density at radius 3 is 2.65 bits per heavy atom. The van der Waals surface area contributed by atoms with Crippen molar-refractivity contribution in [3.63, 3.8) is 0 Å². The zero-order valence-electron chi connectivity index (χ0n) is 14.6. The highest BCUT2D eigenvalue weighted by molar-refractivity contribution is 5.87. The lowest BCUT2D eigenvalue weighted by Crippen LogP contribution is -2.54. The van der Waals surface area contributed by atoms with Gasteiger partial charge in [-0.15, -0.1) is 0 Å². The molecule has 0 heterocycles. The van der Waals surface area contributed by atoms with Crippen molar-refractivity contribution in [2.45, 2.75) is 77.7 Å². The van der Waals surface area contributed by atoms with Crippen molar-refractivity contribution in [3.05, 3.63) is 0 Å². The lowest BCUT2D eigenvalue weighted by molar-refractivity contribution is -0.151. The summed E-state index contributed by atoms with van der Waals surface area (Å²) in [5, 5.41) is 0. The Labute approximate surface area is 139 Å². The van der Waals surface area contributed by atoms with Gasteiger partial charge in [0.05, 0.1) is 0 Å². The predicted octanol–water partition coefficient (Wildman–Crippen LogP) is 4.14. The fraction of sp³-hybridized carbons (Fsp3) is 0.900. The van der Waals surface area contributed by atoms with E-state index in [2.05, 4.69) is 13.8 Å². The van der Waals surface area contributed by atoms with Crippen LogP contribution in [0.15, 0.2) is 0 Å². The average Bonchev–Trinajstić information content (AvgIpc) is 2.84. The van der Waals surface area contributed by atoms with Crippen molar-refractivity contribution in [2.24, 2.45) is 34.5 Å². The van der Waals surface area contributed by atoms with Gasteiger partial charge >= 0.3 is 0 Å². The third-order valence-electron chi connectivity index (χ3n) is 8.57. The first-order valence-corrected chi connectivity index (χ1v) is 9.61. The van der Waals surface area contributed by atoms with Gasteiger partial charge in [0.2, 0.25) is 0 Å². The van der Waals surface area contributed by atoms with Crippen LogP contribution in [0.25, 0.3) is 0 Å². The molecule has 3 nitrogen and oxygen atoms in total. The second-order valence-electron chi connectivity index (χ2n) is 9.20. The summed E-state index contributed by atoms with van der Waals surface area (Å²) in [5.41, 5.74) is 0.390. The molecular formula is C20H30O3. The van der Waals surface area contributed by atoms with E-state index < -0.39 is 0 Å². The van der Waals surface area contributed by atoms with Gasteiger partial charge in [-0.1, -0.05) is 13.8 Å². The van der Waals surface area contributed by atoms with Crippen molar-refractivity contribution in [1.82, 2.24) is 0 Å². The number of carbonyl (C=O) groups excluding carboxylic acids is 2. The minimum Gasteiger partial charge on any atom is -0.465 e. The summed E-state index contributed by atoms with van der Waals surface area (Å²) in [5.74, 6) is 3.41. The zero-order valence-corrected chi connectivity index (χ0v) is 14.6. The molecule has 0 aromatic heterocycles. The predicted molar refractivity (Wildman–Crippen MR) is 87.7 cm³/mol. The van der Waals surface area contributed by atoms with Gasteiger partial charge < -0.3 is 4.74 Å². The maximum absolute atomic E-state index is 12.4. The second kappa shape index (κ2) is 5.32. The molecule has 3 heteroatoms. The fourth-order valence-electron chi connectivity index (χ4n) is 7.19. The molecule has 23 heavy (non-hydrogen) atoms. The van der Waals surface area contributed by atoms with Crippen LogP contribution < -0.4 is 0 Å². The Morgan fingerprint density at radius 2 is 1.87 bits per heavy atom. The van der Waals surface area contributed by atoms with Crippen LogP contribution >= 0.6 is 0 Å². The highest BCUT2D eigenvalue weighted by Gasteiger charge is 2.60. The number of hydrogen-bond donors (Lipinski definition) is 0. The summed E-state index contributed by atoms with van der Waals surface area (Å²) in [4.78, 5) is 23.1. The first kappa shape index (κ1) is 15.7. The first-order chi connectivity index (χ1) is 11.0. The molecule has 0 aromatic carbocycles. The summed E-state index contributed by atoms with van der Waals surface area (Å²) in [7, 11) is 0. The largest absolute Gasteiger partial charge is 0.465 e. The van der Waals surface area contributed by atoms with E-state index in [9.17, 15) is 9.59 Å². The van der Waals surface area contributed by atoms with E-state index in [1.54, 1.807) is 0 Å².